The molecule has 1 saturated heterocycles. The first-order valence-electron chi connectivity index (χ1n) is 23.4. The molecule has 1 aliphatic heterocycles. The molecule has 1 fully saturated rings. The highest BCUT2D eigenvalue weighted by Crippen LogP contribution is 2.79. The Morgan fingerprint density at radius 2 is 0.448 bits per heavy atom. The van der Waals surface area contributed by atoms with Gasteiger partial charge >= 0.3 is 0 Å². The van der Waals surface area contributed by atoms with Gasteiger partial charge in [-0.1, -0.05) is 291 Å². The lowest BCUT2D eigenvalue weighted by molar-refractivity contribution is 0.245. The third-order valence-corrected chi connectivity index (χ3v) is 14.9. The molecular weight excluding hydrogens is 807 g/mol. The van der Waals surface area contributed by atoms with Gasteiger partial charge in [0, 0.05) is 11.1 Å². The number of anilines is 1. The van der Waals surface area contributed by atoms with Crippen molar-refractivity contribution in [1.82, 2.24) is 0 Å². The molecule has 0 saturated carbocycles. The summed E-state index contributed by atoms with van der Waals surface area (Å²) in [4.78, 5) is 2.95. The average Bonchev–Trinajstić information content (AvgIpc) is 3.66. The zero-order valence-electron chi connectivity index (χ0n) is 37.2. The maximum Gasteiger partial charge on any atom is 0.107 e. The second-order valence-electron chi connectivity index (χ2n) is 17.8. The van der Waals surface area contributed by atoms with Gasteiger partial charge in [0.2, 0.25) is 0 Å². The van der Waals surface area contributed by atoms with Crippen LogP contribution in [-0.2, 0) is 21.9 Å². The number of nitrogens with zero attached hydrogens (tertiary/aromatic N) is 1. The highest BCUT2D eigenvalue weighted by Gasteiger charge is 2.84. The lowest BCUT2D eigenvalue weighted by atomic mass is 9.41. The third-order valence-electron chi connectivity index (χ3n) is 14.9. The predicted molar refractivity (Wildman–Crippen MR) is 279 cm³/mol. The van der Waals surface area contributed by atoms with Gasteiger partial charge in [-0.05, 0) is 66.7 Å². The topological polar surface area (TPSA) is 3.24 Å². The van der Waals surface area contributed by atoms with Crippen LogP contribution < -0.4 is 4.90 Å². The second-order valence-corrected chi connectivity index (χ2v) is 17.8. The highest BCUT2D eigenvalue weighted by molar-refractivity contribution is 6.14. The van der Waals surface area contributed by atoms with E-state index in [9.17, 15) is 0 Å². The average molecular weight is 856 g/mol. The van der Waals surface area contributed by atoms with Crippen molar-refractivity contribution in [2.75, 3.05) is 4.90 Å². The Labute approximate surface area is 393 Å². The molecule has 1 aliphatic rings. The van der Waals surface area contributed by atoms with Crippen molar-refractivity contribution < 1.29 is 0 Å². The minimum Gasteiger partial charge on any atom is -0.341 e. The van der Waals surface area contributed by atoms with Crippen molar-refractivity contribution in [2.45, 2.75) is 21.9 Å². The summed E-state index contributed by atoms with van der Waals surface area (Å²) in [6.45, 7) is 0. The number of benzene rings is 11. The Morgan fingerprint density at radius 3 is 0.761 bits per heavy atom. The zero-order chi connectivity index (χ0) is 44.7. The van der Waals surface area contributed by atoms with E-state index in [-0.39, 0.29) is 0 Å². The lowest BCUT2D eigenvalue weighted by Gasteiger charge is -2.57. The largest absolute Gasteiger partial charge is 0.341 e. The number of rotatable bonds is 9. The molecule has 1 heteroatoms. The lowest BCUT2D eigenvalue weighted by Crippen LogP contribution is -2.62. The Kier molecular flexibility index (Phi) is 9.81. The first kappa shape index (κ1) is 40.3. The van der Waals surface area contributed by atoms with Crippen molar-refractivity contribution >= 4 is 27.2 Å². The summed E-state index contributed by atoms with van der Waals surface area (Å²) in [6.07, 6.45) is 0. The summed E-state index contributed by atoms with van der Waals surface area (Å²) in [5.41, 5.74) is 6.52. The molecule has 1 nitrogen and oxygen atoms in total. The second kappa shape index (κ2) is 16.3. The van der Waals surface area contributed by atoms with Crippen LogP contribution >= 0.6 is 0 Å². The number of hydrogen-bond donors (Lipinski definition) is 0. The zero-order valence-corrected chi connectivity index (χ0v) is 37.2. The van der Waals surface area contributed by atoms with E-state index in [4.69, 9.17) is 0 Å². The van der Waals surface area contributed by atoms with Crippen LogP contribution in [0.2, 0.25) is 0 Å². The maximum absolute atomic E-state index is 2.95. The molecule has 0 bridgehead atoms. The first-order valence-corrected chi connectivity index (χ1v) is 23.4. The molecule has 11 aromatic carbocycles. The van der Waals surface area contributed by atoms with Crippen molar-refractivity contribution in [3.05, 3.63) is 342 Å². The van der Waals surface area contributed by atoms with Crippen LogP contribution in [0.25, 0.3) is 21.5 Å². The molecule has 318 valence electrons. The molecule has 0 amide bonds. The fourth-order valence-electron chi connectivity index (χ4n) is 12.9. The summed E-state index contributed by atoms with van der Waals surface area (Å²) in [6, 6.07) is 112. The van der Waals surface area contributed by atoms with Crippen molar-refractivity contribution in [3.63, 3.8) is 0 Å². The summed E-state index contributed by atoms with van der Waals surface area (Å²) in [5.74, 6) is 0. The molecule has 0 radical (unpaired) electrons. The molecule has 1 heterocycles. The van der Waals surface area contributed by atoms with E-state index in [0.29, 0.717) is 0 Å². The molecule has 67 heavy (non-hydrogen) atoms. The van der Waals surface area contributed by atoms with Gasteiger partial charge in [0.25, 0.3) is 0 Å². The summed E-state index contributed by atoms with van der Waals surface area (Å²) in [7, 11) is 0. The van der Waals surface area contributed by atoms with Crippen LogP contribution in [0.1, 0.15) is 44.5 Å². The van der Waals surface area contributed by atoms with Crippen LogP contribution in [0.15, 0.2) is 297 Å². The Bertz CT molecular complexity index is 3100. The van der Waals surface area contributed by atoms with E-state index in [2.05, 4.69) is 302 Å². The molecule has 0 spiro atoms. The fraction of sp³-hybridized carbons (Fsp3) is 0.0606. The van der Waals surface area contributed by atoms with Crippen LogP contribution in [0.3, 0.4) is 0 Å². The van der Waals surface area contributed by atoms with E-state index < -0.39 is 21.9 Å². The summed E-state index contributed by atoms with van der Waals surface area (Å²) >= 11 is 0. The molecule has 0 atom stereocenters. The smallest absolute Gasteiger partial charge is 0.107 e. The molecule has 0 aromatic heterocycles. The normalized spacial score (nSPS) is 15.6. The van der Waals surface area contributed by atoms with E-state index in [1.54, 1.807) is 0 Å². The van der Waals surface area contributed by atoms with E-state index in [1.807, 2.05) is 0 Å². The standard InChI is InChI=1S/C66H49N/c1-9-30-51(31-10-1)63(52-32-11-2-12-33-52)64(53-34-13-3-14-35-53,54-36-15-4-16-37-54)66(57-42-21-7-22-43-57,58-44-23-8-24-45-58)67(65(63,55-38-17-5-18-39-55)56-40-19-6-20-41-56)62-49-50-29-25-26-46-59(50)60-47-27-28-48-61(60)62/h1-49H. The number of hydrogen-bond acceptors (Lipinski definition) is 1. The monoisotopic (exact) mass is 855 g/mol. The van der Waals surface area contributed by atoms with Crippen molar-refractivity contribution in [2.24, 2.45) is 0 Å². The van der Waals surface area contributed by atoms with Gasteiger partial charge in [0.05, 0.1) is 10.8 Å². The van der Waals surface area contributed by atoms with Gasteiger partial charge in [-0.15, -0.1) is 0 Å². The van der Waals surface area contributed by atoms with E-state index in [1.165, 1.54) is 66.1 Å². The Morgan fingerprint density at radius 1 is 0.209 bits per heavy atom. The van der Waals surface area contributed by atoms with Crippen LogP contribution in [0, 0.1) is 0 Å². The predicted octanol–water partition coefficient (Wildman–Crippen LogP) is 15.7. The first-order chi connectivity index (χ1) is 33.3. The Hall–Kier alpha value is -8.26. The minimum absolute atomic E-state index is 1.01. The minimum atomic E-state index is -1.05. The van der Waals surface area contributed by atoms with Gasteiger partial charge in [-0.2, -0.15) is 0 Å². The molecule has 11 aromatic rings. The number of fused-ring (bicyclic) bond motifs is 3. The molecule has 12 rings (SSSR count). The highest BCUT2D eigenvalue weighted by atomic mass is 15.4. The maximum atomic E-state index is 2.95. The SMILES string of the molecule is c1ccc(C2(c3ccccc3)N(c3cc4ccccc4c4ccccc34)C(c3ccccc3)(c3ccccc3)C(c3ccccc3)(c3ccccc3)C2(c2ccccc2)c2ccccc2)cc1. The summed E-state index contributed by atoms with van der Waals surface area (Å²) < 4.78 is 0. The van der Waals surface area contributed by atoms with Crippen molar-refractivity contribution in [1.29, 1.82) is 0 Å². The van der Waals surface area contributed by atoms with Crippen LogP contribution in [0.4, 0.5) is 5.69 Å². The molecular formula is C66H49N. The summed E-state index contributed by atoms with van der Waals surface area (Å²) in [5, 5.41) is 4.80. The fourth-order valence-corrected chi connectivity index (χ4v) is 12.9. The van der Waals surface area contributed by atoms with E-state index >= 15 is 0 Å². The molecule has 0 N–H and O–H groups in total. The van der Waals surface area contributed by atoms with Crippen LogP contribution in [0.5, 0.6) is 0 Å². The molecule has 0 aliphatic carbocycles. The van der Waals surface area contributed by atoms with Gasteiger partial charge < -0.3 is 4.90 Å². The molecule has 0 unspecified atom stereocenters. The quantitative estimate of drug-likeness (QED) is 0.131. The third kappa shape index (κ3) is 5.49. The Balaban J connectivity index is 1.53. The van der Waals surface area contributed by atoms with Gasteiger partial charge in [-0.25, -0.2) is 0 Å². The van der Waals surface area contributed by atoms with Gasteiger partial charge in [0.1, 0.15) is 11.1 Å². The van der Waals surface area contributed by atoms with Gasteiger partial charge in [0.15, 0.2) is 0 Å². The van der Waals surface area contributed by atoms with Gasteiger partial charge in [-0.3, -0.25) is 0 Å². The van der Waals surface area contributed by atoms with E-state index in [0.717, 1.165) is 5.69 Å². The van der Waals surface area contributed by atoms with Crippen LogP contribution in [-0.4, -0.2) is 0 Å². The van der Waals surface area contributed by atoms with Crippen molar-refractivity contribution in [3.8, 4) is 0 Å².